The van der Waals surface area contributed by atoms with Gasteiger partial charge in [-0.05, 0) is 106 Å². The molecular formula is C31H58N4O9S2. The number of likely N-dealkylation sites (tertiary alicyclic amines) is 2. The van der Waals surface area contributed by atoms with Crippen molar-refractivity contribution in [2.24, 2.45) is 0 Å². The number of rotatable bonds is 8. The minimum absolute atomic E-state index is 0.0848. The van der Waals surface area contributed by atoms with Crippen LogP contribution in [0.3, 0.4) is 0 Å². The minimum atomic E-state index is -3.19. The predicted molar refractivity (Wildman–Crippen MR) is 176 cm³/mol. The van der Waals surface area contributed by atoms with Crippen LogP contribution in [-0.4, -0.2) is 123 Å². The molecule has 46 heavy (non-hydrogen) atoms. The van der Waals surface area contributed by atoms with Gasteiger partial charge in [0, 0.05) is 58.5 Å². The molecule has 5 aliphatic rings. The highest BCUT2D eigenvalue weighted by molar-refractivity contribution is 7.90. The van der Waals surface area contributed by atoms with Gasteiger partial charge in [-0.2, -0.15) is 0 Å². The number of sulfonamides is 2. The van der Waals surface area contributed by atoms with E-state index in [2.05, 4.69) is 4.72 Å². The lowest BCUT2D eigenvalue weighted by molar-refractivity contribution is 0.0210. The molecule has 268 valence electrons. The minimum Gasteiger partial charge on any atom is -0.444 e. The third-order valence-corrected chi connectivity index (χ3v) is 12.4. The number of likely N-dealkylation sites (N-methyl/N-ethyl adjacent to an activating group) is 1. The molecule has 0 spiro atoms. The van der Waals surface area contributed by atoms with Gasteiger partial charge in [0.25, 0.3) is 0 Å². The summed E-state index contributed by atoms with van der Waals surface area (Å²) >= 11 is 0. The average molecular weight is 695 g/mol. The molecule has 2 amide bonds. The van der Waals surface area contributed by atoms with Crippen LogP contribution >= 0.6 is 0 Å². The molecule has 0 bridgehead atoms. The Morgan fingerprint density at radius 1 is 0.739 bits per heavy atom. The lowest BCUT2D eigenvalue weighted by atomic mass is 10.2. The number of carbonyl (C=O) groups excluding carboxylic acids is 2. The fraction of sp³-hybridized carbons (Fsp3) is 0.935. The number of nitrogens with one attached hydrogen (secondary N) is 1. The number of carbonyl (C=O) groups is 2. The number of amides is 2. The van der Waals surface area contributed by atoms with E-state index < -0.39 is 31.2 Å². The Bertz CT molecular complexity index is 1210. The first-order valence-electron chi connectivity index (χ1n) is 16.8. The Kier molecular flexibility index (Phi) is 13.6. The van der Waals surface area contributed by atoms with Crippen LogP contribution in [0.2, 0.25) is 0 Å². The van der Waals surface area contributed by atoms with E-state index in [1.54, 1.807) is 16.8 Å². The zero-order valence-corrected chi connectivity index (χ0v) is 30.6. The third kappa shape index (κ3) is 12.7. The quantitative estimate of drug-likeness (QED) is 0.396. The van der Waals surface area contributed by atoms with Crippen molar-refractivity contribution in [2.75, 3.05) is 46.4 Å². The maximum Gasteiger partial charge on any atom is 0.410 e. The van der Waals surface area contributed by atoms with Crippen molar-refractivity contribution in [2.45, 2.75) is 140 Å². The van der Waals surface area contributed by atoms with Crippen LogP contribution in [0.5, 0.6) is 0 Å². The van der Waals surface area contributed by atoms with Crippen molar-refractivity contribution in [3.05, 3.63) is 0 Å². The normalized spacial score (nSPS) is 23.8. The highest BCUT2D eigenvalue weighted by Crippen LogP contribution is 2.32. The molecule has 15 heteroatoms. The van der Waals surface area contributed by atoms with Gasteiger partial charge in [-0.3, -0.25) is 0 Å². The number of hydrogen-bond acceptors (Lipinski definition) is 9. The van der Waals surface area contributed by atoms with Gasteiger partial charge in [0.15, 0.2) is 0 Å². The molecule has 0 aromatic rings. The summed E-state index contributed by atoms with van der Waals surface area (Å²) in [5.41, 5.74) is -1.06. The van der Waals surface area contributed by atoms with Crippen LogP contribution in [0.1, 0.15) is 106 Å². The number of hydrogen-bond donors (Lipinski definition) is 1. The van der Waals surface area contributed by atoms with Crippen molar-refractivity contribution in [1.82, 2.24) is 18.8 Å². The summed E-state index contributed by atoms with van der Waals surface area (Å²) in [5.74, 6) is 0. The summed E-state index contributed by atoms with van der Waals surface area (Å²) in [5, 5.41) is -0.433. The largest absolute Gasteiger partial charge is 0.444 e. The lowest BCUT2D eigenvalue weighted by Gasteiger charge is -2.30. The molecule has 0 radical (unpaired) electrons. The molecule has 0 unspecified atom stereocenters. The summed E-state index contributed by atoms with van der Waals surface area (Å²) in [4.78, 5) is 27.6. The summed E-state index contributed by atoms with van der Waals surface area (Å²) in [7, 11) is -4.76. The SMILES string of the molecule is C1CCOC1.CC(C)(C)OC(=O)N1CCC[C@H]1CNS(=O)(=O)C1CC1.CN(C[C@@H]1CCCN1C(=O)OC(C)(C)C)S(=O)(=O)C1CC1. The first-order valence-corrected chi connectivity index (χ1v) is 19.9. The van der Waals surface area contributed by atoms with Gasteiger partial charge in [-0.15, -0.1) is 0 Å². The molecule has 3 saturated heterocycles. The molecule has 0 aromatic heterocycles. The van der Waals surface area contributed by atoms with E-state index in [-0.39, 0.29) is 41.3 Å². The van der Waals surface area contributed by atoms with Gasteiger partial charge in [0.05, 0.1) is 10.5 Å². The fourth-order valence-electron chi connectivity index (χ4n) is 5.44. The van der Waals surface area contributed by atoms with Crippen LogP contribution in [0.25, 0.3) is 0 Å². The zero-order valence-electron chi connectivity index (χ0n) is 29.0. The van der Waals surface area contributed by atoms with Crippen LogP contribution < -0.4 is 4.72 Å². The molecule has 2 atom stereocenters. The monoisotopic (exact) mass is 694 g/mol. The molecule has 0 aromatic carbocycles. The van der Waals surface area contributed by atoms with E-state index in [4.69, 9.17) is 14.2 Å². The molecule has 2 saturated carbocycles. The first kappa shape index (κ1) is 38.8. The Morgan fingerprint density at radius 2 is 1.20 bits per heavy atom. The highest BCUT2D eigenvalue weighted by Gasteiger charge is 2.41. The lowest BCUT2D eigenvalue weighted by Crippen LogP contribution is -2.46. The van der Waals surface area contributed by atoms with E-state index in [0.717, 1.165) is 64.6 Å². The van der Waals surface area contributed by atoms with Crippen molar-refractivity contribution >= 4 is 32.2 Å². The molecule has 2 aliphatic carbocycles. The van der Waals surface area contributed by atoms with Crippen molar-refractivity contribution in [3.8, 4) is 0 Å². The Balaban J connectivity index is 0.000000217. The smallest absolute Gasteiger partial charge is 0.410 e. The first-order chi connectivity index (χ1) is 21.3. The van der Waals surface area contributed by atoms with E-state index in [1.807, 2.05) is 41.5 Å². The average Bonchev–Trinajstić information content (AvgIpc) is 3.80. The van der Waals surface area contributed by atoms with E-state index >= 15 is 0 Å². The van der Waals surface area contributed by atoms with Crippen LogP contribution in [-0.2, 0) is 34.3 Å². The predicted octanol–water partition coefficient (Wildman–Crippen LogP) is 4.07. The molecule has 3 aliphatic heterocycles. The molecule has 13 nitrogen and oxygen atoms in total. The van der Waals surface area contributed by atoms with Gasteiger partial charge in [-0.1, -0.05) is 0 Å². The van der Waals surface area contributed by atoms with Crippen LogP contribution in [0.4, 0.5) is 9.59 Å². The summed E-state index contributed by atoms with van der Waals surface area (Å²) in [6.07, 6.45) is 8.27. The second-order valence-electron chi connectivity index (χ2n) is 14.9. The summed E-state index contributed by atoms with van der Waals surface area (Å²) in [6, 6.07) is -0.184. The van der Waals surface area contributed by atoms with Crippen LogP contribution in [0, 0.1) is 0 Å². The van der Waals surface area contributed by atoms with E-state index in [1.165, 1.54) is 17.1 Å². The maximum atomic E-state index is 12.2. The molecule has 3 heterocycles. The fourth-order valence-corrected chi connectivity index (χ4v) is 8.47. The molecule has 5 rings (SSSR count). The second kappa shape index (κ2) is 16.1. The molecule has 5 fully saturated rings. The Hall–Kier alpha value is -1.68. The summed E-state index contributed by atoms with van der Waals surface area (Å²) in [6.45, 7) is 14.9. The van der Waals surface area contributed by atoms with Gasteiger partial charge < -0.3 is 24.0 Å². The van der Waals surface area contributed by atoms with Crippen LogP contribution in [0.15, 0.2) is 0 Å². The molecular weight excluding hydrogens is 636 g/mol. The van der Waals surface area contributed by atoms with Gasteiger partial charge in [0.1, 0.15) is 11.2 Å². The van der Waals surface area contributed by atoms with Gasteiger partial charge in [-0.25, -0.2) is 35.5 Å². The maximum absolute atomic E-state index is 12.2. The summed E-state index contributed by atoms with van der Waals surface area (Å²) < 4.78 is 67.7. The van der Waals surface area contributed by atoms with Crippen molar-refractivity contribution in [1.29, 1.82) is 0 Å². The number of ether oxygens (including phenoxy) is 3. The Morgan fingerprint density at radius 3 is 1.61 bits per heavy atom. The number of nitrogens with zero attached hydrogens (tertiary/aromatic N) is 3. The standard InChI is InChI=1S/C14H26N2O4S.C13H24N2O4S.C4H8O/c1-14(2,3)20-13(17)16-9-5-6-11(16)10-15(4)21(18,19)12-7-8-12;1-13(2,3)19-12(16)15-8-4-5-10(15)9-14-20(17,18)11-6-7-11;1-2-4-5-3-1/h11-12H,5-10H2,1-4H3;10-11,14H,4-9H2,1-3H3;1-4H2/t11-;10-;/m00./s1. The molecule has 1 N–H and O–H groups in total. The van der Waals surface area contributed by atoms with Gasteiger partial charge >= 0.3 is 12.2 Å². The Labute approximate surface area is 277 Å². The highest BCUT2D eigenvalue weighted by atomic mass is 32.2. The second-order valence-corrected chi connectivity index (χ2v) is 19.2. The van der Waals surface area contributed by atoms with E-state index in [9.17, 15) is 26.4 Å². The van der Waals surface area contributed by atoms with Crippen molar-refractivity contribution < 1.29 is 40.6 Å². The zero-order chi connectivity index (χ0) is 34.3. The third-order valence-electron chi connectivity index (χ3n) is 8.17. The van der Waals surface area contributed by atoms with Crippen molar-refractivity contribution in [3.63, 3.8) is 0 Å². The van der Waals surface area contributed by atoms with Gasteiger partial charge in [0.2, 0.25) is 20.0 Å². The van der Waals surface area contributed by atoms with E-state index in [0.29, 0.717) is 19.6 Å². The topological polar surface area (TPSA) is 152 Å².